The highest BCUT2D eigenvalue weighted by molar-refractivity contribution is 7.99. The lowest BCUT2D eigenvalue weighted by molar-refractivity contribution is -0.115. The van der Waals surface area contributed by atoms with Crippen LogP contribution in [-0.4, -0.2) is 48.9 Å². The Morgan fingerprint density at radius 1 is 0.909 bits per heavy atom. The number of amides is 1. The second-order valence-electron chi connectivity index (χ2n) is 10.1. The van der Waals surface area contributed by atoms with E-state index in [0.717, 1.165) is 62.9 Å². The first kappa shape index (κ1) is 29.5. The summed E-state index contributed by atoms with van der Waals surface area (Å²) in [6.45, 7) is 0. The molecule has 0 aliphatic heterocycles. The number of rotatable bonds is 10. The van der Waals surface area contributed by atoms with E-state index in [4.69, 9.17) is 19.2 Å². The number of thiophene rings is 1. The van der Waals surface area contributed by atoms with E-state index in [-0.39, 0.29) is 12.3 Å². The van der Waals surface area contributed by atoms with E-state index in [1.54, 1.807) is 14.2 Å². The molecule has 0 saturated carbocycles. The number of nitrogens with zero attached hydrogens (tertiary/aromatic N) is 1. The van der Waals surface area contributed by atoms with E-state index in [0.29, 0.717) is 21.5 Å². The number of thioether (sulfide) groups is 1. The van der Waals surface area contributed by atoms with Crippen LogP contribution in [0.3, 0.4) is 0 Å². The van der Waals surface area contributed by atoms with Crippen LogP contribution in [0.15, 0.2) is 78.0 Å². The third-order valence-electron chi connectivity index (χ3n) is 7.55. The number of aryl methyl sites for hydroxylation is 1. The van der Waals surface area contributed by atoms with Crippen molar-refractivity contribution in [1.82, 2.24) is 9.97 Å². The highest BCUT2D eigenvalue weighted by Crippen LogP contribution is 2.45. The molecule has 10 heteroatoms. The van der Waals surface area contributed by atoms with Crippen molar-refractivity contribution in [2.75, 3.05) is 32.4 Å². The van der Waals surface area contributed by atoms with Gasteiger partial charge >= 0.3 is 5.97 Å². The first-order valence-corrected chi connectivity index (χ1v) is 15.9. The maximum atomic E-state index is 13.1. The fourth-order valence-corrected chi connectivity index (χ4v) is 7.45. The molecule has 8 nitrogen and oxygen atoms in total. The molecule has 0 fully saturated rings. The Hall–Kier alpha value is -4.54. The zero-order valence-electron chi connectivity index (χ0n) is 24.6. The minimum absolute atomic E-state index is 0.174. The first-order chi connectivity index (χ1) is 21.5. The van der Waals surface area contributed by atoms with Crippen molar-refractivity contribution in [3.8, 4) is 44.5 Å². The number of ether oxygens (including phenoxy) is 3. The molecule has 1 amide bonds. The fraction of sp³-hybridized carbons (Fsp3) is 0.206. The summed E-state index contributed by atoms with van der Waals surface area (Å²) in [5.41, 5.74) is 7.34. The van der Waals surface area contributed by atoms with E-state index in [2.05, 4.69) is 22.4 Å². The standard InChI is InChI=1S/C34H31N3O5S2/c1-40-23-13-8-21(9-14-23)29-30(22-10-15-24(41-2)16-11-22)37-34(36-29)43-19-18-27(38)35-32-28(33(39)42-3)26-17-12-20-6-4-5-7-25(20)31(26)44-32/h4-11,13-16H,12,17-19H2,1-3H3,(H,35,38)(H,36,37). The van der Waals surface area contributed by atoms with Gasteiger partial charge in [-0.2, -0.15) is 0 Å². The molecule has 0 radical (unpaired) electrons. The third kappa shape index (κ3) is 5.95. The maximum absolute atomic E-state index is 13.1. The number of carbonyl (C=O) groups is 2. The van der Waals surface area contributed by atoms with Crippen LogP contribution in [0.4, 0.5) is 5.00 Å². The van der Waals surface area contributed by atoms with Crippen LogP contribution in [0.1, 0.15) is 27.9 Å². The molecular weight excluding hydrogens is 595 g/mol. The molecular formula is C34H31N3O5S2. The minimum Gasteiger partial charge on any atom is -0.497 e. The number of nitrogens with one attached hydrogen (secondary N) is 2. The number of imidazole rings is 1. The van der Waals surface area contributed by atoms with E-state index >= 15 is 0 Å². The van der Waals surface area contributed by atoms with Crippen molar-refractivity contribution in [2.45, 2.75) is 24.4 Å². The number of benzene rings is 3. The average Bonchev–Trinajstić information content (AvgIpc) is 3.66. The Morgan fingerprint density at radius 2 is 1.59 bits per heavy atom. The largest absolute Gasteiger partial charge is 0.497 e. The van der Waals surface area contributed by atoms with Gasteiger partial charge in [-0.1, -0.05) is 36.0 Å². The normalized spacial score (nSPS) is 11.8. The van der Waals surface area contributed by atoms with Crippen molar-refractivity contribution in [1.29, 1.82) is 0 Å². The topological polar surface area (TPSA) is 103 Å². The second-order valence-corrected chi connectivity index (χ2v) is 12.2. The predicted molar refractivity (Wildman–Crippen MR) is 175 cm³/mol. The molecule has 0 saturated heterocycles. The van der Waals surface area contributed by atoms with Crippen LogP contribution in [0.2, 0.25) is 0 Å². The molecule has 1 aliphatic carbocycles. The lowest BCUT2D eigenvalue weighted by Crippen LogP contribution is -2.15. The Kier molecular flexibility index (Phi) is 8.72. The fourth-order valence-electron chi connectivity index (χ4n) is 5.32. The molecule has 3 aromatic carbocycles. The molecule has 0 atom stereocenters. The van der Waals surface area contributed by atoms with Gasteiger partial charge in [0.15, 0.2) is 5.16 Å². The molecule has 2 aromatic heterocycles. The average molecular weight is 626 g/mol. The third-order valence-corrected chi connectivity index (χ3v) is 9.60. The zero-order valence-corrected chi connectivity index (χ0v) is 26.2. The minimum atomic E-state index is -0.431. The van der Waals surface area contributed by atoms with Crippen LogP contribution < -0.4 is 14.8 Å². The van der Waals surface area contributed by atoms with Gasteiger partial charge in [-0.3, -0.25) is 4.79 Å². The predicted octanol–water partition coefficient (Wildman–Crippen LogP) is 7.50. The van der Waals surface area contributed by atoms with Crippen LogP contribution in [0.25, 0.3) is 33.0 Å². The molecule has 0 bridgehead atoms. The number of aromatic amines is 1. The van der Waals surface area contributed by atoms with Gasteiger partial charge in [0.05, 0.1) is 38.3 Å². The number of H-pyrrole nitrogens is 1. The van der Waals surface area contributed by atoms with Crippen LogP contribution in [0, 0.1) is 0 Å². The molecule has 1 aliphatic rings. The zero-order chi connectivity index (χ0) is 30.6. The van der Waals surface area contributed by atoms with Crippen LogP contribution in [-0.2, 0) is 22.4 Å². The molecule has 0 unspecified atom stereocenters. The summed E-state index contributed by atoms with van der Waals surface area (Å²) in [7, 11) is 4.65. The second kappa shape index (κ2) is 13.0. The first-order valence-electron chi connectivity index (χ1n) is 14.1. The smallest absolute Gasteiger partial charge is 0.341 e. The summed E-state index contributed by atoms with van der Waals surface area (Å²) in [6.07, 6.45) is 1.81. The number of carbonyl (C=O) groups excluding carboxylic acids is 2. The quantitative estimate of drug-likeness (QED) is 0.122. The summed E-state index contributed by atoms with van der Waals surface area (Å²) in [5, 5.41) is 4.24. The van der Waals surface area contributed by atoms with Gasteiger partial charge in [0.1, 0.15) is 16.5 Å². The summed E-state index contributed by atoms with van der Waals surface area (Å²) in [4.78, 5) is 35.3. The lowest BCUT2D eigenvalue weighted by atomic mass is 9.89. The molecule has 2 heterocycles. The van der Waals surface area contributed by atoms with Gasteiger partial charge in [-0.25, -0.2) is 9.78 Å². The number of anilines is 1. The Bertz CT molecular complexity index is 1740. The molecule has 6 rings (SSSR count). The summed E-state index contributed by atoms with van der Waals surface area (Å²) in [5.74, 6) is 1.42. The molecule has 224 valence electrons. The summed E-state index contributed by atoms with van der Waals surface area (Å²) < 4.78 is 15.8. The van der Waals surface area contributed by atoms with E-state index < -0.39 is 5.97 Å². The van der Waals surface area contributed by atoms with Crippen molar-refractivity contribution < 1.29 is 23.8 Å². The van der Waals surface area contributed by atoms with E-state index in [1.807, 2.05) is 60.7 Å². The monoisotopic (exact) mass is 625 g/mol. The molecule has 2 N–H and O–H groups in total. The lowest BCUT2D eigenvalue weighted by Gasteiger charge is -2.16. The number of hydrogen-bond acceptors (Lipinski definition) is 8. The van der Waals surface area contributed by atoms with E-state index in [1.165, 1.54) is 35.8 Å². The van der Waals surface area contributed by atoms with Crippen LogP contribution in [0.5, 0.6) is 11.5 Å². The van der Waals surface area contributed by atoms with Crippen molar-refractivity contribution in [2.24, 2.45) is 0 Å². The van der Waals surface area contributed by atoms with Crippen molar-refractivity contribution in [3.63, 3.8) is 0 Å². The van der Waals surface area contributed by atoms with Gasteiger partial charge in [-0.05, 0) is 78.1 Å². The highest BCUT2D eigenvalue weighted by atomic mass is 32.2. The van der Waals surface area contributed by atoms with Gasteiger partial charge < -0.3 is 24.5 Å². The number of fused-ring (bicyclic) bond motifs is 3. The summed E-state index contributed by atoms with van der Waals surface area (Å²) in [6, 6.07) is 23.8. The van der Waals surface area contributed by atoms with E-state index in [9.17, 15) is 9.59 Å². The van der Waals surface area contributed by atoms with Gasteiger partial charge in [0, 0.05) is 28.2 Å². The highest BCUT2D eigenvalue weighted by Gasteiger charge is 2.29. The van der Waals surface area contributed by atoms with Gasteiger partial charge in [-0.15, -0.1) is 11.3 Å². The van der Waals surface area contributed by atoms with Gasteiger partial charge in [0.25, 0.3) is 0 Å². The summed E-state index contributed by atoms with van der Waals surface area (Å²) >= 11 is 2.90. The molecule has 44 heavy (non-hydrogen) atoms. The molecule has 5 aromatic rings. The number of methoxy groups -OCH3 is 3. The van der Waals surface area contributed by atoms with Gasteiger partial charge in [0.2, 0.25) is 5.91 Å². The van der Waals surface area contributed by atoms with Crippen molar-refractivity contribution >= 4 is 40.0 Å². The Morgan fingerprint density at radius 3 is 2.27 bits per heavy atom. The SMILES string of the molecule is COC(=O)c1c(NC(=O)CCSc2nc(-c3ccc(OC)cc3)c(-c3ccc(OC)cc3)[nH]2)sc2c1CCc1ccccc1-2. The van der Waals surface area contributed by atoms with Crippen LogP contribution >= 0.6 is 23.1 Å². The number of esters is 1. The number of aromatic nitrogens is 2. The Balaban J connectivity index is 1.19. The van der Waals surface area contributed by atoms with Crippen molar-refractivity contribution in [3.05, 3.63) is 89.5 Å². The maximum Gasteiger partial charge on any atom is 0.341 e. The number of hydrogen-bond donors (Lipinski definition) is 2. The molecule has 0 spiro atoms. The Labute approximate surface area is 263 Å².